The minimum Gasteiger partial charge on any atom is -0.352 e. The molecule has 29 heavy (non-hydrogen) atoms. The van der Waals surface area contributed by atoms with Crippen LogP contribution < -0.4 is 5.32 Å². The second-order valence-electron chi connectivity index (χ2n) is 7.51. The molecule has 8 nitrogen and oxygen atoms in total. The van der Waals surface area contributed by atoms with Crippen molar-refractivity contribution in [1.29, 1.82) is 0 Å². The molecule has 1 saturated heterocycles. The second kappa shape index (κ2) is 9.69. The second-order valence-corrected chi connectivity index (χ2v) is 9.43. The molecule has 0 spiro atoms. The Morgan fingerprint density at radius 1 is 1.10 bits per heavy atom. The number of hydrogen-bond donors (Lipinski definition) is 1. The van der Waals surface area contributed by atoms with Crippen molar-refractivity contribution in [1.82, 2.24) is 18.8 Å². The van der Waals surface area contributed by atoms with E-state index in [0.717, 1.165) is 11.1 Å². The van der Waals surface area contributed by atoms with E-state index in [4.69, 9.17) is 0 Å². The van der Waals surface area contributed by atoms with E-state index in [9.17, 15) is 18.0 Å². The van der Waals surface area contributed by atoms with Gasteiger partial charge in [0.2, 0.25) is 11.8 Å². The molecule has 1 fully saturated rings. The van der Waals surface area contributed by atoms with E-state index in [1.807, 2.05) is 38.1 Å². The lowest BCUT2D eigenvalue weighted by atomic mass is 9.87. The molecule has 0 radical (unpaired) electrons. The molecule has 0 aliphatic carbocycles. The van der Waals surface area contributed by atoms with Gasteiger partial charge in [-0.2, -0.15) is 17.0 Å². The summed E-state index contributed by atoms with van der Waals surface area (Å²) in [5.74, 6) is -0.824. The van der Waals surface area contributed by atoms with Gasteiger partial charge in [0, 0.05) is 59.7 Å². The van der Waals surface area contributed by atoms with Gasteiger partial charge in [0.1, 0.15) is 0 Å². The summed E-state index contributed by atoms with van der Waals surface area (Å²) in [4.78, 5) is 25.4. The van der Waals surface area contributed by atoms with Crippen LogP contribution in [0.1, 0.15) is 37.8 Å². The predicted octanol–water partition coefficient (Wildman–Crippen LogP) is 1.01. The summed E-state index contributed by atoms with van der Waals surface area (Å²) in [6, 6.07) is 7.66. The van der Waals surface area contributed by atoms with Gasteiger partial charge in [-0.05, 0) is 11.1 Å². The number of amides is 2. The molecule has 0 aromatic heterocycles. The highest BCUT2D eigenvalue weighted by molar-refractivity contribution is 7.86. The van der Waals surface area contributed by atoms with Gasteiger partial charge >= 0.3 is 0 Å². The van der Waals surface area contributed by atoms with Crippen LogP contribution in [0, 0.1) is 5.92 Å². The summed E-state index contributed by atoms with van der Waals surface area (Å²) in [7, 11) is -0.228. The fraction of sp³-hybridized carbons (Fsp3) is 0.600. The van der Waals surface area contributed by atoms with Crippen LogP contribution in [-0.4, -0.2) is 74.0 Å². The standard InChI is InChI=1S/C20H32N4O4S/c1-6-23(7-2)29(27,28)24-13-18(19(14-24)20(26)22(4)5)17-10-8-16(9-11-17)12-21-15(3)25/h8-11,18-19H,6-7,12-14H2,1-5H3,(H,21,25)/t18-,19+/m1/s1. The van der Waals surface area contributed by atoms with E-state index in [1.165, 1.54) is 20.4 Å². The van der Waals surface area contributed by atoms with E-state index < -0.39 is 16.1 Å². The van der Waals surface area contributed by atoms with Crippen molar-refractivity contribution in [2.24, 2.45) is 5.92 Å². The number of rotatable bonds is 8. The average molecular weight is 425 g/mol. The highest BCUT2D eigenvalue weighted by atomic mass is 32.2. The van der Waals surface area contributed by atoms with Crippen molar-refractivity contribution in [3.63, 3.8) is 0 Å². The smallest absolute Gasteiger partial charge is 0.281 e. The highest BCUT2D eigenvalue weighted by Gasteiger charge is 2.44. The van der Waals surface area contributed by atoms with Crippen molar-refractivity contribution >= 4 is 22.0 Å². The van der Waals surface area contributed by atoms with Crippen LogP contribution in [0.2, 0.25) is 0 Å². The van der Waals surface area contributed by atoms with Crippen LogP contribution in [0.25, 0.3) is 0 Å². The maximum atomic E-state index is 13.0. The number of hydrogen-bond acceptors (Lipinski definition) is 4. The van der Waals surface area contributed by atoms with Crippen LogP contribution in [0.15, 0.2) is 24.3 Å². The molecule has 1 aromatic carbocycles. The van der Waals surface area contributed by atoms with Crippen molar-refractivity contribution in [3.05, 3.63) is 35.4 Å². The summed E-state index contributed by atoms with van der Waals surface area (Å²) in [5, 5.41) is 2.75. The summed E-state index contributed by atoms with van der Waals surface area (Å²) < 4.78 is 28.9. The molecule has 9 heteroatoms. The minimum absolute atomic E-state index is 0.0745. The Labute approximate surface area is 174 Å². The van der Waals surface area contributed by atoms with E-state index in [2.05, 4.69) is 5.32 Å². The third kappa shape index (κ3) is 5.34. The molecule has 0 bridgehead atoms. The lowest BCUT2D eigenvalue weighted by Gasteiger charge is -2.25. The lowest BCUT2D eigenvalue weighted by molar-refractivity contribution is -0.132. The van der Waals surface area contributed by atoms with Gasteiger partial charge in [0.05, 0.1) is 5.92 Å². The van der Waals surface area contributed by atoms with Gasteiger partial charge in [-0.15, -0.1) is 0 Å². The molecule has 0 saturated carbocycles. The molecule has 1 heterocycles. The third-order valence-corrected chi connectivity index (χ3v) is 7.47. The zero-order chi connectivity index (χ0) is 21.8. The normalized spacial score (nSPS) is 20.1. The summed E-state index contributed by atoms with van der Waals surface area (Å²) >= 11 is 0. The van der Waals surface area contributed by atoms with Gasteiger partial charge in [0.15, 0.2) is 0 Å². The molecule has 2 atom stereocenters. The summed E-state index contributed by atoms with van der Waals surface area (Å²) in [6.07, 6.45) is 0. The SMILES string of the molecule is CCN(CC)S(=O)(=O)N1C[C@H](C(=O)N(C)C)[C@@H](c2ccc(CNC(C)=O)cc2)C1. The average Bonchev–Trinajstić information content (AvgIpc) is 3.13. The monoisotopic (exact) mass is 424 g/mol. The molecule has 2 amide bonds. The molecule has 0 unspecified atom stereocenters. The fourth-order valence-electron chi connectivity index (χ4n) is 3.70. The molecule has 2 rings (SSSR count). The first kappa shape index (κ1) is 23.3. The van der Waals surface area contributed by atoms with Crippen molar-refractivity contribution in [2.45, 2.75) is 33.2 Å². The summed E-state index contributed by atoms with van der Waals surface area (Å²) in [5.41, 5.74) is 1.87. The number of nitrogens with one attached hydrogen (secondary N) is 1. The van der Waals surface area contributed by atoms with Crippen LogP contribution >= 0.6 is 0 Å². The molecule has 1 aliphatic heterocycles. The Kier molecular flexibility index (Phi) is 7.79. The predicted molar refractivity (Wildman–Crippen MR) is 112 cm³/mol. The first-order valence-corrected chi connectivity index (χ1v) is 11.3. The maximum Gasteiger partial charge on any atom is 0.281 e. The quantitative estimate of drug-likeness (QED) is 0.675. The molecule has 1 aromatic rings. The van der Waals surface area contributed by atoms with Crippen LogP contribution in [0.3, 0.4) is 0 Å². The number of carbonyl (C=O) groups excluding carboxylic acids is 2. The zero-order valence-corrected chi connectivity index (χ0v) is 18.7. The number of nitrogens with zero attached hydrogens (tertiary/aromatic N) is 3. The Bertz CT molecular complexity index is 819. The third-order valence-electron chi connectivity index (χ3n) is 5.35. The van der Waals surface area contributed by atoms with E-state index in [1.54, 1.807) is 14.1 Å². The fourth-order valence-corrected chi connectivity index (χ4v) is 5.38. The van der Waals surface area contributed by atoms with Crippen molar-refractivity contribution < 1.29 is 18.0 Å². The van der Waals surface area contributed by atoms with Gasteiger partial charge in [-0.25, -0.2) is 0 Å². The molecule has 1 N–H and O–H groups in total. The molecule has 162 valence electrons. The van der Waals surface area contributed by atoms with Crippen molar-refractivity contribution in [3.8, 4) is 0 Å². The van der Waals surface area contributed by atoms with Crippen molar-refractivity contribution in [2.75, 3.05) is 40.3 Å². The van der Waals surface area contributed by atoms with Gasteiger partial charge in [0.25, 0.3) is 10.2 Å². The lowest BCUT2D eigenvalue weighted by Crippen LogP contribution is -2.43. The van der Waals surface area contributed by atoms with Crippen LogP contribution in [-0.2, 0) is 26.3 Å². The van der Waals surface area contributed by atoms with Gasteiger partial charge in [-0.3, -0.25) is 9.59 Å². The van der Waals surface area contributed by atoms with Crippen LogP contribution in [0.5, 0.6) is 0 Å². The van der Waals surface area contributed by atoms with Gasteiger partial charge < -0.3 is 10.2 Å². The Hall–Kier alpha value is -1.97. The largest absolute Gasteiger partial charge is 0.352 e. The number of benzene rings is 1. The zero-order valence-electron chi connectivity index (χ0n) is 17.9. The van der Waals surface area contributed by atoms with E-state index in [-0.39, 0.29) is 30.8 Å². The van der Waals surface area contributed by atoms with Crippen LogP contribution in [0.4, 0.5) is 0 Å². The maximum absolute atomic E-state index is 13.0. The molecule has 1 aliphatic rings. The van der Waals surface area contributed by atoms with E-state index >= 15 is 0 Å². The van der Waals surface area contributed by atoms with Gasteiger partial charge in [-0.1, -0.05) is 38.1 Å². The van der Waals surface area contributed by atoms with E-state index in [0.29, 0.717) is 19.6 Å². The highest BCUT2D eigenvalue weighted by Crippen LogP contribution is 2.36. The number of carbonyl (C=O) groups is 2. The molecular weight excluding hydrogens is 392 g/mol. The minimum atomic E-state index is -3.61. The molecular formula is C20H32N4O4S. The first-order chi connectivity index (χ1) is 13.6. The Balaban J connectivity index is 2.30. The first-order valence-electron chi connectivity index (χ1n) is 9.91. The Morgan fingerprint density at radius 2 is 1.69 bits per heavy atom. The summed E-state index contributed by atoms with van der Waals surface area (Å²) in [6.45, 7) is 6.75. The Morgan fingerprint density at radius 3 is 2.17 bits per heavy atom. The topological polar surface area (TPSA) is 90.0 Å².